The zero-order valence-electron chi connectivity index (χ0n) is 12.8. The van der Waals surface area contributed by atoms with Gasteiger partial charge in [-0.05, 0) is 23.6 Å². The molecule has 0 aliphatic rings. The van der Waals surface area contributed by atoms with Crippen molar-refractivity contribution in [3.8, 4) is 0 Å². The van der Waals surface area contributed by atoms with E-state index < -0.39 is 10.0 Å². The van der Waals surface area contributed by atoms with Gasteiger partial charge in [-0.15, -0.1) is 22.7 Å². The van der Waals surface area contributed by atoms with Crippen molar-refractivity contribution < 1.29 is 18.0 Å². The molecular formula is C14H17N3O4S3. The molecule has 0 aliphatic carbocycles. The number of nitrogens with one attached hydrogen (secondary N) is 2. The highest BCUT2D eigenvalue weighted by atomic mass is 32.2. The molecule has 130 valence electrons. The topological polar surface area (TPSA) is 118 Å². The monoisotopic (exact) mass is 387 g/mol. The minimum atomic E-state index is -3.72. The summed E-state index contributed by atoms with van der Waals surface area (Å²) < 4.78 is 22.5. The van der Waals surface area contributed by atoms with Crippen molar-refractivity contribution in [2.45, 2.75) is 30.1 Å². The second kappa shape index (κ2) is 7.88. The molecule has 10 heteroatoms. The molecule has 1 unspecified atom stereocenters. The molecule has 1 atom stereocenters. The molecule has 24 heavy (non-hydrogen) atoms. The first kappa shape index (κ1) is 18.6. The Bertz CT molecular complexity index is 812. The fraction of sp³-hybridized carbons (Fsp3) is 0.286. The maximum Gasteiger partial charge on any atom is 0.247 e. The number of carbonyl (C=O) groups is 2. The van der Waals surface area contributed by atoms with E-state index >= 15 is 0 Å². The van der Waals surface area contributed by atoms with Crippen molar-refractivity contribution in [1.29, 1.82) is 0 Å². The average Bonchev–Trinajstić information content (AvgIpc) is 3.15. The van der Waals surface area contributed by atoms with Crippen molar-refractivity contribution in [1.82, 2.24) is 10.6 Å². The lowest BCUT2D eigenvalue weighted by molar-refractivity contribution is -0.122. The van der Waals surface area contributed by atoms with Crippen molar-refractivity contribution in [2.75, 3.05) is 0 Å². The maximum atomic E-state index is 12.1. The number of hydrogen-bond acceptors (Lipinski definition) is 6. The summed E-state index contributed by atoms with van der Waals surface area (Å²) in [5.41, 5.74) is 0. The van der Waals surface area contributed by atoms with Gasteiger partial charge in [-0.3, -0.25) is 9.59 Å². The van der Waals surface area contributed by atoms with E-state index in [2.05, 4.69) is 10.6 Å². The van der Waals surface area contributed by atoms with Crippen LogP contribution in [-0.2, 0) is 26.2 Å². The van der Waals surface area contributed by atoms with E-state index in [1.165, 1.54) is 24.3 Å². The highest BCUT2D eigenvalue weighted by Crippen LogP contribution is 2.23. The molecule has 2 amide bonds. The predicted octanol–water partition coefficient (Wildman–Crippen LogP) is 1.34. The van der Waals surface area contributed by atoms with Gasteiger partial charge in [0, 0.05) is 16.7 Å². The molecule has 0 bridgehead atoms. The molecule has 0 saturated heterocycles. The Morgan fingerprint density at radius 2 is 2.04 bits per heavy atom. The summed E-state index contributed by atoms with van der Waals surface area (Å²) in [4.78, 5) is 25.0. The second-order valence-corrected chi connectivity index (χ2v) is 8.95. The van der Waals surface area contributed by atoms with Gasteiger partial charge in [-0.1, -0.05) is 6.07 Å². The third-order valence-electron chi connectivity index (χ3n) is 3.03. The first-order valence-corrected chi connectivity index (χ1v) is 10.2. The van der Waals surface area contributed by atoms with Gasteiger partial charge in [0.1, 0.15) is 4.21 Å². The highest BCUT2D eigenvalue weighted by molar-refractivity contribution is 7.91. The minimum Gasteiger partial charge on any atom is -0.351 e. The van der Waals surface area contributed by atoms with Crippen LogP contribution in [0.3, 0.4) is 0 Å². The Balaban J connectivity index is 1.94. The standard InChI is InChI=1S/C14H17N3O4S3/c1-9(18)17-11(12-3-2-6-22-12)7-13(19)16-8-10-4-5-14(23-10)24(15,20)21/h2-6,11H,7-8H2,1H3,(H,16,19)(H,17,18)(H2,15,20,21). The lowest BCUT2D eigenvalue weighted by atomic mass is 10.1. The van der Waals surface area contributed by atoms with E-state index in [1.54, 1.807) is 6.07 Å². The Labute approximate surface area is 147 Å². The summed E-state index contributed by atoms with van der Waals surface area (Å²) in [6.07, 6.45) is 0.105. The van der Waals surface area contributed by atoms with Crippen LogP contribution in [-0.4, -0.2) is 20.2 Å². The zero-order valence-corrected chi connectivity index (χ0v) is 15.3. The summed E-state index contributed by atoms with van der Waals surface area (Å²) in [5.74, 6) is -0.454. The summed E-state index contributed by atoms with van der Waals surface area (Å²) in [7, 11) is -3.72. The van der Waals surface area contributed by atoms with Crippen LogP contribution in [0.2, 0.25) is 0 Å². The molecule has 0 aliphatic heterocycles. The fourth-order valence-corrected chi connectivity index (χ4v) is 4.50. The van der Waals surface area contributed by atoms with Gasteiger partial charge in [0.05, 0.1) is 19.0 Å². The van der Waals surface area contributed by atoms with E-state index in [0.29, 0.717) is 4.88 Å². The van der Waals surface area contributed by atoms with E-state index in [1.807, 2.05) is 17.5 Å². The average molecular weight is 388 g/mol. The molecule has 0 fully saturated rings. The Hall–Kier alpha value is -1.75. The molecule has 0 aromatic carbocycles. The van der Waals surface area contributed by atoms with Gasteiger partial charge in [0.2, 0.25) is 21.8 Å². The molecule has 4 N–H and O–H groups in total. The van der Waals surface area contributed by atoms with Gasteiger partial charge in [-0.25, -0.2) is 13.6 Å². The fourth-order valence-electron chi connectivity index (χ4n) is 2.01. The van der Waals surface area contributed by atoms with Crippen LogP contribution in [0.4, 0.5) is 0 Å². The van der Waals surface area contributed by atoms with Crippen LogP contribution in [0.25, 0.3) is 0 Å². The first-order chi connectivity index (χ1) is 11.3. The van der Waals surface area contributed by atoms with Gasteiger partial charge >= 0.3 is 0 Å². The molecule has 2 aromatic rings. The number of amides is 2. The third kappa shape index (κ3) is 5.41. The Kier molecular flexibility index (Phi) is 6.10. The summed E-state index contributed by atoms with van der Waals surface area (Å²) >= 11 is 2.48. The first-order valence-electron chi connectivity index (χ1n) is 6.94. The van der Waals surface area contributed by atoms with Crippen LogP contribution in [0, 0.1) is 0 Å². The lowest BCUT2D eigenvalue weighted by Crippen LogP contribution is -2.31. The van der Waals surface area contributed by atoms with Gasteiger partial charge in [0.15, 0.2) is 0 Å². The Morgan fingerprint density at radius 1 is 1.29 bits per heavy atom. The molecule has 2 aromatic heterocycles. The second-order valence-electron chi connectivity index (χ2n) is 5.02. The van der Waals surface area contributed by atoms with Gasteiger partial charge < -0.3 is 10.6 Å². The SMILES string of the molecule is CC(=O)NC(CC(=O)NCc1ccc(S(N)(=O)=O)s1)c1cccs1. The summed E-state index contributed by atoms with van der Waals surface area (Å²) in [6, 6.07) is 6.34. The molecule has 2 rings (SSSR count). The number of carbonyl (C=O) groups excluding carboxylic acids is 2. The van der Waals surface area contributed by atoms with Crippen LogP contribution in [0.1, 0.15) is 29.1 Å². The number of nitrogens with two attached hydrogens (primary N) is 1. The lowest BCUT2D eigenvalue weighted by Gasteiger charge is -2.16. The van der Waals surface area contributed by atoms with Crippen LogP contribution in [0.5, 0.6) is 0 Å². The molecule has 7 nitrogen and oxygen atoms in total. The molecular weight excluding hydrogens is 370 g/mol. The normalized spacial score (nSPS) is 12.6. The minimum absolute atomic E-state index is 0.0569. The zero-order chi connectivity index (χ0) is 17.7. The molecule has 0 saturated carbocycles. The van der Waals surface area contributed by atoms with Gasteiger partial charge in [-0.2, -0.15) is 0 Å². The van der Waals surface area contributed by atoms with Crippen LogP contribution >= 0.6 is 22.7 Å². The van der Waals surface area contributed by atoms with Gasteiger partial charge in [0.25, 0.3) is 0 Å². The van der Waals surface area contributed by atoms with Crippen LogP contribution < -0.4 is 15.8 Å². The number of hydrogen-bond donors (Lipinski definition) is 3. The molecule has 0 spiro atoms. The van der Waals surface area contributed by atoms with Crippen molar-refractivity contribution in [3.63, 3.8) is 0 Å². The number of primary sulfonamides is 1. The quantitative estimate of drug-likeness (QED) is 0.664. The Morgan fingerprint density at radius 3 is 2.58 bits per heavy atom. The third-order valence-corrected chi connectivity index (χ3v) is 6.54. The summed E-state index contributed by atoms with van der Waals surface area (Å²) in [6.45, 7) is 1.61. The van der Waals surface area contributed by atoms with E-state index in [-0.39, 0.29) is 35.0 Å². The van der Waals surface area contributed by atoms with E-state index in [0.717, 1.165) is 16.2 Å². The summed E-state index contributed by atoms with van der Waals surface area (Å²) in [5, 5.41) is 12.4. The van der Waals surface area contributed by atoms with Crippen molar-refractivity contribution in [2.24, 2.45) is 5.14 Å². The number of rotatable bonds is 7. The largest absolute Gasteiger partial charge is 0.351 e. The smallest absolute Gasteiger partial charge is 0.247 e. The van der Waals surface area contributed by atoms with Crippen LogP contribution in [0.15, 0.2) is 33.9 Å². The van der Waals surface area contributed by atoms with E-state index in [9.17, 15) is 18.0 Å². The maximum absolute atomic E-state index is 12.1. The van der Waals surface area contributed by atoms with E-state index in [4.69, 9.17) is 5.14 Å². The predicted molar refractivity (Wildman–Crippen MR) is 93.0 cm³/mol. The van der Waals surface area contributed by atoms with Crippen molar-refractivity contribution in [3.05, 3.63) is 39.4 Å². The number of thiophene rings is 2. The van der Waals surface area contributed by atoms with Crippen molar-refractivity contribution >= 4 is 44.5 Å². The number of sulfonamides is 1. The molecule has 2 heterocycles. The molecule has 0 radical (unpaired) electrons. The highest BCUT2D eigenvalue weighted by Gasteiger charge is 2.18.